The molecule has 2 heterocycles. The van der Waals surface area contributed by atoms with Gasteiger partial charge in [-0.05, 0) is 91.5 Å². The Morgan fingerprint density at radius 1 is 1.11 bits per heavy atom. The normalized spacial score (nSPS) is 21.8. The first-order valence-electron chi connectivity index (χ1n) is 13.1. The number of nitrogens with zero attached hydrogens (tertiary/aromatic N) is 3. The largest absolute Gasteiger partial charge is 0.497 e. The summed E-state index contributed by atoms with van der Waals surface area (Å²) < 4.78 is 7.17. The molecule has 38 heavy (non-hydrogen) atoms. The third kappa shape index (κ3) is 4.89. The molecule has 1 N–H and O–H groups in total. The summed E-state index contributed by atoms with van der Waals surface area (Å²) in [5.41, 5.74) is 8.41. The van der Waals surface area contributed by atoms with Crippen LogP contribution in [0.3, 0.4) is 0 Å². The second-order valence-electron chi connectivity index (χ2n) is 10.3. The average molecular weight is 550 g/mol. The van der Waals surface area contributed by atoms with Gasteiger partial charge in [0.1, 0.15) is 5.75 Å². The number of benzene rings is 2. The van der Waals surface area contributed by atoms with Crippen LogP contribution in [0.25, 0.3) is 17.3 Å². The number of fused-ring (bicyclic) bond motifs is 2. The van der Waals surface area contributed by atoms with Gasteiger partial charge in [-0.25, -0.2) is 9.69 Å². The molecule has 2 aromatic carbocycles. The molecule has 1 saturated heterocycles. The highest BCUT2D eigenvalue weighted by Crippen LogP contribution is 2.37. The number of halogens is 2. The summed E-state index contributed by atoms with van der Waals surface area (Å²) in [6.07, 6.45) is 11.4. The van der Waals surface area contributed by atoms with Gasteiger partial charge in [-0.1, -0.05) is 47.5 Å². The number of methoxy groups -OCH3 is 1. The molecule has 1 amide bonds. The maximum atomic E-state index is 13.7. The zero-order valence-corrected chi connectivity index (χ0v) is 22.8. The zero-order valence-electron chi connectivity index (χ0n) is 21.3. The number of carbonyl (C=O) groups excluding carboxylic acids is 1. The molecule has 8 heteroatoms. The van der Waals surface area contributed by atoms with Crippen LogP contribution < -0.4 is 10.2 Å². The van der Waals surface area contributed by atoms with E-state index in [1.807, 2.05) is 40.0 Å². The quantitative estimate of drug-likeness (QED) is 0.288. The number of amides is 1. The van der Waals surface area contributed by atoms with Gasteiger partial charge in [0.15, 0.2) is 5.69 Å². The van der Waals surface area contributed by atoms with E-state index in [0.717, 1.165) is 73.3 Å². The van der Waals surface area contributed by atoms with Crippen molar-refractivity contribution in [2.75, 3.05) is 20.2 Å². The van der Waals surface area contributed by atoms with E-state index < -0.39 is 0 Å². The summed E-state index contributed by atoms with van der Waals surface area (Å²) in [7, 11) is 1.66. The number of aromatic nitrogens is 2. The zero-order chi connectivity index (χ0) is 26.2. The van der Waals surface area contributed by atoms with Crippen molar-refractivity contribution in [1.82, 2.24) is 20.2 Å². The molecule has 196 valence electrons. The molecule has 3 aromatic rings. The average Bonchev–Trinajstić information content (AvgIpc) is 3.56. The fourth-order valence-corrected chi connectivity index (χ4v) is 6.37. The number of ether oxygens (including phenoxy) is 1. The van der Waals surface area contributed by atoms with E-state index in [2.05, 4.69) is 23.7 Å². The molecular weight excluding hydrogens is 519 g/mol. The third-order valence-electron chi connectivity index (χ3n) is 7.79. The maximum absolute atomic E-state index is 13.7. The van der Waals surface area contributed by atoms with E-state index in [-0.39, 0.29) is 5.91 Å². The van der Waals surface area contributed by atoms with Gasteiger partial charge in [-0.15, -0.1) is 0 Å². The molecule has 2 unspecified atom stereocenters. The molecule has 6 nitrogen and oxygen atoms in total. The molecule has 1 aromatic heterocycles. The van der Waals surface area contributed by atoms with Crippen molar-refractivity contribution in [3.05, 3.63) is 87.2 Å². The second-order valence-corrected chi connectivity index (χ2v) is 11.1. The second kappa shape index (κ2) is 10.6. The minimum atomic E-state index is -0.167. The van der Waals surface area contributed by atoms with Crippen LogP contribution in [-0.2, 0) is 6.42 Å². The molecule has 3 aliphatic rings. The number of hydrazine groups is 1. The summed E-state index contributed by atoms with van der Waals surface area (Å²) in [4.78, 5) is 13.7. The minimum absolute atomic E-state index is 0.167. The van der Waals surface area contributed by atoms with Gasteiger partial charge in [-0.3, -0.25) is 10.2 Å². The Labute approximate surface area is 232 Å². The number of allylic oxidation sites excluding steroid dienone is 2. The summed E-state index contributed by atoms with van der Waals surface area (Å²) in [6, 6.07) is 13.4. The van der Waals surface area contributed by atoms with Crippen LogP contribution in [0.15, 0.2) is 54.6 Å². The van der Waals surface area contributed by atoms with E-state index in [4.69, 9.17) is 33.0 Å². The Morgan fingerprint density at radius 2 is 1.92 bits per heavy atom. The van der Waals surface area contributed by atoms with Crippen LogP contribution in [0.2, 0.25) is 10.0 Å². The Kier molecular flexibility index (Phi) is 7.04. The lowest BCUT2D eigenvalue weighted by atomic mass is 10.0. The van der Waals surface area contributed by atoms with E-state index >= 15 is 0 Å². The van der Waals surface area contributed by atoms with Crippen molar-refractivity contribution >= 4 is 40.8 Å². The third-order valence-corrected chi connectivity index (χ3v) is 8.33. The van der Waals surface area contributed by atoms with E-state index in [1.165, 1.54) is 0 Å². The lowest BCUT2D eigenvalue weighted by molar-refractivity contribution is 0.0811. The molecular formula is C30H30Cl2N4O2. The molecule has 0 spiro atoms. The molecule has 0 radical (unpaired) electrons. The van der Waals surface area contributed by atoms with Crippen LogP contribution in [0.1, 0.15) is 53.0 Å². The predicted molar refractivity (Wildman–Crippen MR) is 152 cm³/mol. The fraction of sp³-hybridized carbons (Fsp3) is 0.333. The van der Waals surface area contributed by atoms with Crippen LogP contribution in [-0.4, -0.2) is 40.9 Å². The Hall–Kier alpha value is -3.06. The van der Waals surface area contributed by atoms with Crippen LogP contribution in [0.5, 0.6) is 5.75 Å². The Balaban J connectivity index is 1.43. The Bertz CT molecular complexity index is 1430. The maximum Gasteiger partial charge on any atom is 0.286 e. The lowest BCUT2D eigenvalue weighted by Crippen LogP contribution is -2.41. The topological polar surface area (TPSA) is 59.4 Å². The molecule has 1 aliphatic heterocycles. The van der Waals surface area contributed by atoms with Crippen LogP contribution >= 0.6 is 23.2 Å². The number of rotatable bonds is 5. The molecule has 0 bridgehead atoms. The number of carbonyl (C=O) groups is 1. The number of nitrogens with one attached hydrogen (secondary N) is 1. The molecule has 1 fully saturated rings. The number of hydrogen-bond acceptors (Lipinski definition) is 4. The van der Waals surface area contributed by atoms with Gasteiger partial charge >= 0.3 is 0 Å². The van der Waals surface area contributed by atoms with Crippen molar-refractivity contribution in [3.63, 3.8) is 0 Å². The lowest BCUT2D eigenvalue weighted by Gasteiger charge is -2.17. The highest BCUT2D eigenvalue weighted by Gasteiger charge is 2.35. The highest BCUT2D eigenvalue weighted by molar-refractivity contribution is 6.35. The first kappa shape index (κ1) is 25.2. The van der Waals surface area contributed by atoms with Crippen LogP contribution in [0.4, 0.5) is 0 Å². The SMILES string of the molecule is COc1ccc(C=C2CCCCc3c(C(=O)NN4CC5C=CCC5C4)nn(-c4ccc(Cl)cc4Cl)c32)cc1. The molecule has 0 saturated carbocycles. The first-order valence-corrected chi connectivity index (χ1v) is 13.9. The van der Waals surface area contributed by atoms with Crippen molar-refractivity contribution in [2.24, 2.45) is 11.8 Å². The van der Waals surface area contributed by atoms with E-state index in [0.29, 0.717) is 33.3 Å². The summed E-state index contributed by atoms with van der Waals surface area (Å²) >= 11 is 12.9. The molecule has 2 aliphatic carbocycles. The smallest absolute Gasteiger partial charge is 0.286 e. The van der Waals surface area contributed by atoms with Gasteiger partial charge < -0.3 is 4.74 Å². The molecule has 2 atom stereocenters. The monoisotopic (exact) mass is 548 g/mol. The highest BCUT2D eigenvalue weighted by atomic mass is 35.5. The summed E-state index contributed by atoms with van der Waals surface area (Å²) in [5, 5.41) is 7.99. The summed E-state index contributed by atoms with van der Waals surface area (Å²) in [5.74, 6) is 1.74. The summed E-state index contributed by atoms with van der Waals surface area (Å²) in [6.45, 7) is 1.69. The van der Waals surface area contributed by atoms with Gasteiger partial charge in [-0.2, -0.15) is 5.10 Å². The fourth-order valence-electron chi connectivity index (χ4n) is 5.88. The minimum Gasteiger partial charge on any atom is -0.497 e. The van der Waals surface area contributed by atoms with Crippen molar-refractivity contribution in [1.29, 1.82) is 0 Å². The van der Waals surface area contributed by atoms with Crippen molar-refractivity contribution in [2.45, 2.75) is 32.1 Å². The van der Waals surface area contributed by atoms with Gasteiger partial charge in [0.05, 0.1) is 23.5 Å². The van der Waals surface area contributed by atoms with E-state index in [9.17, 15) is 4.79 Å². The van der Waals surface area contributed by atoms with Gasteiger partial charge in [0.25, 0.3) is 5.91 Å². The van der Waals surface area contributed by atoms with Crippen molar-refractivity contribution in [3.8, 4) is 11.4 Å². The van der Waals surface area contributed by atoms with Crippen LogP contribution in [0, 0.1) is 11.8 Å². The first-order chi connectivity index (χ1) is 18.5. The predicted octanol–water partition coefficient (Wildman–Crippen LogP) is 6.61. The number of hydrogen-bond donors (Lipinski definition) is 1. The van der Waals surface area contributed by atoms with Gasteiger partial charge in [0, 0.05) is 23.7 Å². The Morgan fingerprint density at radius 3 is 2.68 bits per heavy atom. The van der Waals surface area contributed by atoms with Crippen molar-refractivity contribution < 1.29 is 9.53 Å². The standard InChI is InChI=1S/C30H30Cl2N4O2/c1-38-24-12-9-19(10-13-24)15-20-5-2-3-8-25-28(30(37)34-35-17-21-6-4-7-22(21)18-35)33-36(29(20)25)27-14-11-23(31)16-26(27)32/h4,6,9-16,21-22H,2-3,5,7-8,17-18H2,1H3,(H,34,37). The molecule has 6 rings (SSSR count). The van der Waals surface area contributed by atoms with E-state index in [1.54, 1.807) is 19.2 Å². The van der Waals surface area contributed by atoms with Gasteiger partial charge in [0.2, 0.25) is 0 Å².